The van der Waals surface area contributed by atoms with Crippen LogP contribution in [0.1, 0.15) is 38.3 Å². The highest BCUT2D eigenvalue weighted by molar-refractivity contribution is 6.31. The molecule has 1 aromatic rings. The molecule has 0 aromatic heterocycles. The molecule has 1 unspecified atom stereocenters. The molecule has 0 bridgehead atoms. The Labute approximate surface area is 115 Å². The molecule has 3 nitrogen and oxygen atoms in total. The van der Waals surface area contributed by atoms with Crippen molar-refractivity contribution < 1.29 is 18.7 Å². The van der Waals surface area contributed by atoms with Crippen LogP contribution in [0.25, 0.3) is 0 Å². The lowest BCUT2D eigenvalue weighted by atomic mass is 9.81. The number of carbonyl (C=O) groups is 1. The van der Waals surface area contributed by atoms with Gasteiger partial charge in [0.1, 0.15) is 0 Å². The van der Waals surface area contributed by atoms with Gasteiger partial charge in [0.15, 0.2) is 11.6 Å². The average Bonchev–Trinajstić information content (AvgIpc) is 2.20. The number of halogens is 3. The Morgan fingerprint density at radius 3 is 2.47 bits per heavy atom. The van der Waals surface area contributed by atoms with Crippen LogP contribution in [0.2, 0.25) is 5.02 Å². The fraction of sp³-hybridized carbons (Fsp3) is 0.462. The van der Waals surface area contributed by atoms with Gasteiger partial charge in [-0.05, 0) is 29.5 Å². The lowest BCUT2D eigenvalue weighted by Gasteiger charge is -2.27. The predicted octanol–water partition coefficient (Wildman–Crippen LogP) is 3.51. The van der Waals surface area contributed by atoms with Crippen LogP contribution in [-0.4, -0.2) is 11.1 Å². The summed E-state index contributed by atoms with van der Waals surface area (Å²) in [5, 5.41) is 8.83. The van der Waals surface area contributed by atoms with Gasteiger partial charge in [0, 0.05) is 11.1 Å². The zero-order valence-corrected chi connectivity index (χ0v) is 11.5. The van der Waals surface area contributed by atoms with E-state index in [0.717, 1.165) is 12.1 Å². The van der Waals surface area contributed by atoms with Crippen molar-refractivity contribution in [3.8, 4) is 0 Å². The first-order chi connectivity index (χ1) is 8.62. The molecule has 1 aromatic carbocycles. The van der Waals surface area contributed by atoms with E-state index in [0.29, 0.717) is 6.42 Å². The first-order valence-electron chi connectivity index (χ1n) is 5.74. The molecule has 0 saturated heterocycles. The minimum Gasteiger partial charge on any atom is -0.481 e. The van der Waals surface area contributed by atoms with Gasteiger partial charge in [-0.15, -0.1) is 0 Å². The van der Waals surface area contributed by atoms with E-state index >= 15 is 0 Å². The van der Waals surface area contributed by atoms with Crippen molar-refractivity contribution >= 4 is 17.6 Å². The molecule has 0 aliphatic rings. The molecule has 0 aliphatic heterocycles. The Kier molecular flexibility index (Phi) is 4.87. The summed E-state index contributed by atoms with van der Waals surface area (Å²) in [6, 6.07) is 1.17. The Morgan fingerprint density at radius 1 is 1.42 bits per heavy atom. The molecule has 19 heavy (non-hydrogen) atoms. The molecule has 0 radical (unpaired) electrons. The van der Waals surface area contributed by atoms with E-state index in [1.807, 2.05) is 0 Å². The SMILES string of the molecule is CC(C)(CC(=O)O)CC(N)c1cc(F)c(F)cc1Cl. The molecule has 0 saturated carbocycles. The Balaban J connectivity index is 2.92. The van der Waals surface area contributed by atoms with Gasteiger partial charge in [-0.1, -0.05) is 25.4 Å². The first kappa shape index (κ1) is 15.9. The summed E-state index contributed by atoms with van der Waals surface area (Å²) in [4.78, 5) is 10.7. The standard InChI is InChI=1S/C13H16ClF2NO2/c1-13(2,6-12(18)19)5-11(17)7-3-9(15)10(16)4-8(7)14/h3-4,11H,5-6,17H2,1-2H3,(H,18,19). The number of carboxylic acids is 1. The smallest absolute Gasteiger partial charge is 0.303 e. The molecule has 1 rings (SSSR count). The van der Waals surface area contributed by atoms with Gasteiger partial charge in [0.25, 0.3) is 0 Å². The van der Waals surface area contributed by atoms with E-state index in [1.54, 1.807) is 13.8 Å². The maximum atomic E-state index is 13.2. The third-order valence-electron chi connectivity index (χ3n) is 2.84. The summed E-state index contributed by atoms with van der Waals surface area (Å²) in [6.07, 6.45) is 0.228. The van der Waals surface area contributed by atoms with Gasteiger partial charge in [0.2, 0.25) is 0 Å². The van der Waals surface area contributed by atoms with Gasteiger partial charge in [-0.2, -0.15) is 0 Å². The number of benzene rings is 1. The molecule has 0 fully saturated rings. The summed E-state index contributed by atoms with van der Waals surface area (Å²) < 4.78 is 26.1. The van der Waals surface area contributed by atoms with Crippen LogP contribution >= 0.6 is 11.6 Å². The number of rotatable bonds is 5. The molecule has 3 N–H and O–H groups in total. The van der Waals surface area contributed by atoms with E-state index in [-0.39, 0.29) is 17.0 Å². The molecular formula is C13H16ClF2NO2. The average molecular weight is 292 g/mol. The molecule has 0 amide bonds. The number of nitrogens with two attached hydrogens (primary N) is 1. The largest absolute Gasteiger partial charge is 0.481 e. The van der Waals surface area contributed by atoms with Crippen molar-refractivity contribution in [2.45, 2.75) is 32.7 Å². The van der Waals surface area contributed by atoms with Crippen LogP contribution in [0.4, 0.5) is 8.78 Å². The van der Waals surface area contributed by atoms with E-state index < -0.39 is 29.1 Å². The monoisotopic (exact) mass is 291 g/mol. The van der Waals surface area contributed by atoms with Crippen molar-refractivity contribution in [3.05, 3.63) is 34.4 Å². The topological polar surface area (TPSA) is 63.3 Å². The van der Waals surface area contributed by atoms with E-state index in [4.69, 9.17) is 22.4 Å². The molecule has 0 heterocycles. The highest BCUT2D eigenvalue weighted by Gasteiger charge is 2.26. The summed E-state index contributed by atoms with van der Waals surface area (Å²) in [6.45, 7) is 3.49. The van der Waals surface area contributed by atoms with E-state index in [9.17, 15) is 13.6 Å². The number of hydrogen-bond acceptors (Lipinski definition) is 2. The highest BCUT2D eigenvalue weighted by Crippen LogP contribution is 2.34. The van der Waals surface area contributed by atoms with Crippen LogP contribution in [0.5, 0.6) is 0 Å². The lowest BCUT2D eigenvalue weighted by Crippen LogP contribution is -2.24. The van der Waals surface area contributed by atoms with Gasteiger partial charge >= 0.3 is 5.97 Å². The van der Waals surface area contributed by atoms with Crippen LogP contribution in [0.15, 0.2) is 12.1 Å². The van der Waals surface area contributed by atoms with Crippen molar-refractivity contribution in [1.29, 1.82) is 0 Å². The van der Waals surface area contributed by atoms with Crippen molar-refractivity contribution in [2.24, 2.45) is 11.1 Å². The molecule has 6 heteroatoms. The van der Waals surface area contributed by atoms with Gasteiger partial charge in [-0.25, -0.2) is 8.78 Å². The third-order valence-corrected chi connectivity index (χ3v) is 3.17. The second-order valence-corrected chi connectivity index (χ2v) is 5.74. The Bertz CT molecular complexity index is 492. The zero-order valence-electron chi connectivity index (χ0n) is 10.7. The molecule has 0 aliphatic carbocycles. The van der Waals surface area contributed by atoms with Crippen LogP contribution in [-0.2, 0) is 4.79 Å². The molecule has 106 valence electrons. The minimum absolute atomic E-state index is 0.0394. The van der Waals surface area contributed by atoms with Crippen LogP contribution < -0.4 is 5.73 Å². The van der Waals surface area contributed by atoms with Crippen molar-refractivity contribution in [1.82, 2.24) is 0 Å². The fourth-order valence-electron chi connectivity index (χ4n) is 2.01. The molecular weight excluding hydrogens is 276 g/mol. The maximum Gasteiger partial charge on any atom is 0.303 e. The van der Waals surface area contributed by atoms with Crippen molar-refractivity contribution in [3.63, 3.8) is 0 Å². The van der Waals surface area contributed by atoms with E-state index in [1.165, 1.54) is 0 Å². The quantitative estimate of drug-likeness (QED) is 0.816. The molecule has 0 spiro atoms. The second kappa shape index (κ2) is 5.84. The summed E-state index contributed by atoms with van der Waals surface area (Å²) in [5.74, 6) is -3.00. The van der Waals surface area contributed by atoms with Crippen LogP contribution in [0.3, 0.4) is 0 Å². The first-order valence-corrected chi connectivity index (χ1v) is 6.12. The lowest BCUT2D eigenvalue weighted by molar-refractivity contribution is -0.139. The second-order valence-electron chi connectivity index (χ2n) is 5.33. The van der Waals surface area contributed by atoms with Gasteiger partial charge < -0.3 is 10.8 Å². The van der Waals surface area contributed by atoms with E-state index in [2.05, 4.69) is 0 Å². The van der Waals surface area contributed by atoms with Crippen molar-refractivity contribution in [2.75, 3.05) is 0 Å². The van der Waals surface area contributed by atoms with Crippen LogP contribution in [0, 0.1) is 17.0 Å². The number of aliphatic carboxylic acids is 1. The summed E-state index contributed by atoms with van der Waals surface area (Å²) in [7, 11) is 0. The Hall–Kier alpha value is -1.20. The third kappa shape index (κ3) is 4.44. The van der Waals surface area contributed by atoms with Gasteiger partial charge in [-0.3, -0.25) is 4.79 Å². The summed E-state index contributed by atoms with van der Waals surface area (Å²) in [5.41, 5.74) is 5.62. The number of carboxylic acid groups (broad SMARTS) is 1. The maximum absolute atomic E-state index is 13.2. The predicted molar refractivity (Wildman–Crippen MR) is 68.9 cm³/mol. The molecule has 1 atom stereocenters. The zero-order chi connectivity index (χ0) is 14.8. The van der Waals surface area contributed by atoms with Gasteiger partial charge in [0.05, 0.1) is 6.42 Å². The Morgan fingerprint density at radius 2 is 1.95 bits per heavy atom. The highest BCUT2D eigenvalue weighted by atomic mass is 35.5. The summed E-state index contributed by atoms with van der Waals surface area (Å²) >= 11 is 5.83. The normalized spacial score (nSPS) is 13.4. The fourth-order valence-corrected chi connectivity index (χ4v) is 2.30. The number of hydrogen-bond donors (Lipinski definition) is 2. The minimum atomic E-state index is -1.04.